The first-order chi connectivity index (χ1) is 6.76. The standard InChI is InChI=1S/C11H10INO/c1-14-7-2-3-9-8(6-7)11(4-5-11)10(12)13-9/h2-3,6H,4-5H2,1H3. The summed E-state index contributed by atoms with van der Waals surface area (Å²) in [5, 5.41) is 0. The van der Waals surface area contributed by atoms with Crippen molar-refractivity contribution >= 4 is 32.0 Å². The molecule has 14 heavy (non-hydrogen) atoms. The van der Waals surface area contributed by atoms with Gasteiger partial charge in [0.25, 0.3) is 0 Å². The second-order valence-electron chi connectivity index (χ2n) is 3.87. The second-order valence-corrected chi connectivity index (χ2v) is 4.89. The van der Waals surface area contributed by atoms with Crippen molar-refractivity contribution in [3.63, 3.8) is 0 Å². The molecule has 3 heteroatoms. The summed E-state index contributed by atoms with van der Waals surface area (Å²) in [4.78, 5) is 4.59. The molecule has 1 saturated carbocycles. The van der Waals surface area contributed by atoms with Crippen molar-refractivity contribution in [1.29, 1.82) is 0 Å². The molecular formula is C11H10INO. The topological polar surface area (TPSA) is 21.6 Å². The van der Waals surface area contributed by atoms with Crippen LogP contribution < -0.4 is 4.74 Å². The minimum absolute atomic E-state index is 0.282. The monoisotopic (exact) mass is 299 g/mol. The number of halogens is 1. The van der Waals surface area contributed by atoms with Gasteiger partial charge < -0.3 is 4.74 Å². The van der Waals surface area contributed by atoms with E-state index in [2.05, 4.69) is 39.7 Å². The first-order valence-corrected chi connectivity index (χ1v) is 5.77. The van der Waals surface area contributed by atoms with E-state index in [4.69, 9.17) is 4.74 Å². The van der Waals surface area contributed by atoms with Gasteiger partial charge in [0.05, 0.1) is 16.5 Å². The summed E-state index contributed by atoms with van der Waals surface area (Å²) < 4.78 is 6.49. The molecule has 0 atom stereocenters. The predicted octanol–water partition coefficient (Wildman–Crippen LogP) is 3.21. The quantitative estimate of drug-likeness (QED) is 0.730. The van der Waals surface area contributed by atoms with E-state index < -0.39 is 0 Å². The van der Waals surface area contributed by atoms with Crippen molar-refractivity contribution in [2.75, 3.05) is 7.11 Å². The van der Waals surface area contributed by atoms with Crippen LogP contribution in [0.15, 0.2) is 23.2 Å². The summed E-state index contributed by atoms with van der Waals surface area (Å²) in [6, 6.07) is 6.17. The minimum atomic E-state index is 0.282. The highest BCUT2D eigenvalue weighted by Crippen LogP contribution is 2.58. The average molecular weight is 299 g/mol. The number of aliphatic imine (C=N–C) groups is 1. The molecule has 3 rings (SSSR count). The Morgan fingerprint density at radius 3 is 2.86 bits per heavy atom. The van der Waals surface area contributed by atoms with Crippen molar-refractivity contribution in [1.82, 2.24) is 0 Å². The summed E-state index contributed by atoms with van der Waals surface area (Å²) in [5.41, 5.74) is 2.78. The lowest BCUT2D eigenvalue weighted by Crippen LogP contribution is -2.09. The van der Waals surface area contributed by atoms with Crippen LogP contribution in [0.5, 0.6) is 5.75 Å². The maximum absolute atomic E-state index is 5.24. The van der Waals surface area contributed by atoms with Gasteiger partial charge in [-0.1, -0.05) is 0 Å². The average Bonchev–Trinajstić information content (AvgIpc) is 2.94. The molecule has 0 amide bonds. The van der Waals surface area contributed by atoms with Crippen LogP contribution in [0.25, 0.3) is 0 Å². The van der Waals surface area contributed by atoms with Crippen molar-refractivity contribution in [2.45, 2.75) is 18.3 Å². The molecule has 2 aliphatic rings. The highest BCUT2D eigenvalue weighted by molar-refractivity contribution is 14.1. The predicted molar refractivity (Wildman–Crippen MR) is 65.0 cm³/mol. The summed E-state index contributed by atoms with van der Waals surface area (Å²) in [7, 11) is 1.71. The van der Waals surface area contributed by atoms with Crippen LogP contribution in [-0.2, 0) is 5.41 Å². The third-order valence-electron chi connectivity index (χ3n) is 3.08. The molecule has 0 unspecified atom stereocenters. The number of rotatable bonds is 1. The van der Waals surface area contributed by atoms with E-state index in [-0.39, 0.29) is 5.41 Å². The molecule has 72 valence electrons. The van der Waals surface area contributed by atoms with E-state index in [1.807, 2.05) is 6.07 Å². The zero-order valence-corrected chi connectivity index (χ0v) is 10.0. The van der Waals surface area contributed by atoms with E-state index in [0.717, 1.165) is 11.4 Å². The maximum atomic E-state index is 5.24. The number of fused-ring (bicyclic) bond motifs is 2. The summed E-state index contributed by atoms with van der Waals surface area (Å²) in [5.74, 6) is 0.941. The fourth-order valence-corrected chi connectivity index (χ4v) is 3.14. The zero-order valence-electron chi connectivity index (χ0n) is 7.88. The lowest BCUT2D eigenvalue weighted by atomic mass is 9.98. The molecular weight excluding hydrogens is 289 g/mol. The zero-order chi connectivity index (χ0) is 9.76. The van der Waals surface area contributed by atoms with Gasteiger partial charge in [0, 0.05) is 5.41 Å². The van der Waals surface area contributed by atoms with Crippen molar-refractivity contribution in [3.8, 4) is 5.75 Å². The van der Waals surface area contributed by atoms with Gasteiger partial charge in [-0.3, -0.25) is 0 Å². The van der Waals surface area contributed by atoms with E-state index >= 15 is 0 Å². The number of hydrogen-bond acceptors (Lipinski definition) is 2. The van der Waals surface area contributed by atoms with Gasteiger partial charge >= 0.3 is 0 Å². The molecule has 1 aromatic rings. The van der Waals surface area contributed by atoms with Gasteiger partial charge in [0.2, 0.25) is 0 Å². The smallest absolute Gasteiger partial charge is 0.119 e. The maximum Gasteiger partial charge on any atom is 0.119 e. The van der Waals surface area contributed by atoms with E-state index in [1.54, 1.807) is 7.11 Å². The molecule has 1 aromatic carbocycles. The molecule has 1 heterocycles. The van der Waals surface area contributed by atoms with Gasteiger partial charge in [-0.15, -0.1) is 0 Å². The molecule has 0 saturated heterocycles. The summed E-state index contributed by atoms with van der Waals surface area (Å²) in [6.07, 6.45) is 2.49. The van der Waals surface area contributed by atoms with Crippen LogP contribution in [0, 0.1) is 0 Å². The lowest BCUT2D eigenvalue weighted by Gasteiger charge is -2.09. The number of benzene rings is 1. The number of ether oxygens (including phenoxy) is 1. The van der Waals surface area contributed by atoms with Crippen LogP contribution in [0.2, 0.25) is 0 Å². The molecule has 0 aromatic heterocycles. The molecule has 1 aliphatic heterocycles. The van der Waals surface area contributed by atoms with Gasteiger partial charge in [0.1, 0.15) is 5.75 Å². The van der Waals surface area contributed by atoms with Crippen LogP contribution >= 0.6 is 22.6 Å². The van der Waals surface area contributed by atoms with E-state index in [0.29, 0.717) is 0 Å². The van der Waals surface area contributed by atoms with Crippen molar-refractivity contribution < 1.29 is 4.74 Å². The van der Waals surface area contributed by atoms with E-state index in [1.165, 1.54) is 22.1 Å². The lowest BCUT2D eigenvalue weighted by molar-refractivity contribution is 0.414. The molecule has 0 radical (unpaired) electrons. The highest BCUT2D eigenvalue weighted by Gasteiger charge is 2.52. The Morgan fingerprint density at radius 1 is 1.43 bits per heavy atom. The Balaban J connectivity index is 2.17. The van der Waals surface area contributed by atoms with Crippen LogP contribution in [0.3, 0.4) is 0 Å². The van der Waals surface area contributed by atoms with Crippen LogP contribution in [0.1, 0.15) is 18.4 Å². The third kappa shape index (κ3) is 0.988. The molecule has 0 bridgehead atoms. The Morgan fingerprint density at radius 2 is 2.21 bits per heavy atom. The third-order valence-corrected chi connectivity index (χ3v) is 4.36. The Kier molecular flexibility index (Phi) is 1.69. The fourth-order valence-electron chi connectivity index (χ4n) is 2.05. The minimum Gasteiger partial charge on any atom is -0.497 e. The SMILES string of the molecule is COc1ccc2c(c1)C1(CC1)C(I)=N2. The van der Waals surface area contributed by atoms with Crippen molar-refractivity contribution in [2.24, 2.45) is 4.99 Å². The first kappa shape index (κ1) is 8.71. The van der Waals surface area contributed by atoms with Gasteiger partial charge in [-0.05, 0) is 59.2 Å². The molecule has 1 aliphatic carbocycles. The van der Waals surface area contributed by atoms with Crippen molar-refractivity contribution in [3.05, 3.63) is 23.8 Å². The molecule has 1 fully saturated rings. The van der Waals surface area contributed by atoms with Crippen LogP contribution in [0.4, 0.5) is 5.69 Å². The normalized spacial score (nSPS) is 20.6. The van der Waals surface area contributed by atoms with Gasteiger partial charge in [-0.25, -0.2) is 4.99 Å². The number of nitrogens with zero attached hydrogens (tertiary/aromatic N) is 1. The fraction of sp³-hybridized carbons (Fsp3) is 0.364. The molecule has 1 spiro atoms. The summed E-state index contributed by atoms with van der Waals surface area (Å²) >= 11 is 2.37. The number of hydrogen-bond donors (Lipinski definition) is 0. The first-order valence-electron chi connectivity index (χ1n) is 4.69. The van der Waals surface area contributed by atoms with Gasteiger partial charge in [-0.2, -0.15) is 0 Å². The second kappa shape index (κ2) is 2.72. The molecule has 2 nitrogen and oxygen atoms in total. The number of methoxy groups -OCH3 is 1. The molecule has 0 N–H and O–H groups in total. The Labute approximate surface area is 96.5 Å². The Hall–Kier alpha value is -0.580. The van der Waals surface area contributed by atoms with Gasteiger partial charge in [0.15, 0.2) is 0 Å². The highest BCUT2D eigenvalue weighted by atomic mass is 127. The van der Waals surface area contributed by atoms with Crippen LogP contribution in [-0.4, -0.2) is 10.8 Å². The van der Waals surface area contributed by atoms with E-state index in [9.17, 15) is 0 Å². The largest absolute Gasteiger partial charge is 0.497 e. The Bertz CT molecular complexity index is 435. The summed E-state index contributed by atoms with van der Waals surface area (Å²) in [6.45, 7) is 0.